The molecule has 2 rings (SSSR count). The summed E-state index contributed by atoms with van der Waals surface area (Å²) in [6.45, 7) is 1.80. The molecule has 0 spiro atoms. The van der Waals surface area contributed by atoms with Crippen LogP contribution in [0.2, 0.25) is 5.02 Å². The van der Waals surface area contributed by atoms with E-state index in [0.29, 0.717) is 5.02 Å². The second-order valence-electron chi connectivity index (χ2n) is 3.16. The van der Waals surface area contributed by atoms with Gasteiger partial charge in [-0.25, -0.2) is 0 Å². The number of rotatable bonds is 3. The molecule has 1 aromatic carbocycles. The van der Waals surface area contributed by atoms with Gasteiger partial charge in [0.2, 0.25) is 0 Å². The largest absolute Gasteiger partial charge is 0.506 e. The van der Waals surface area contributed by atoms with E-state index in [-0.39, 0.29) is 5.75 Å². The van der Waals surface area contributed by atoms with E-state index in [1.165, 1.54) is 0 Å². The number of phenols is 1. The van der Waals surface area contributed by atoms with Crippen LogP contribution in [-0.2, 0) is 0 Å². The molecule has 0 radical (unpaired) electrons. The molecule has 80 valence electrons. The highest BCUT2D eigenvalue weighted by Gasteiger charge is 2.06. The Balaban J connectivity index is 1.96. The van der Waals surface area contributed by atoms with Gasteiger partial charge in [0.05, 0.1) is 17.3 Å². The summed E-state index contributed by atoms with van der Waals surface area (Å²) in [5.74, 6) is 1.97. The van der Waals surface area contributed by atoms with Gasteiger partial charge in [-0.05, 0) is 18.2 Å². The summed E-state index contributed by atoms with van der Waals surface area (Å²) < 4.78 is 0. The maximum atomic E-state index is 9.25. The van der Waals surface area contributed by atoms with Crippen molar-refractivity contribution in [1.82, 2.24) is 5.32 Å². The Morgan fingerprint density at radius 1 is 1.53 bits per heavy atom. The fourth-order valence-corrected chi connectivity index (χ4v) is 2.38. The maximum Gasteiger partial charge on any atom is 0.134 e. The lowest BCUT2D eigenvalue weighted by atomic mass is 10.3. The van der Waals surface area contributed by atoms with Crippen molar-refractivity contribution in [2.24, 2.45) is 4.99 Å². The Morgan fingerprint density at radius 3 is 3.07 bits per heavy atom. The lowest BCUT2D eigenvalue weighted by Gasteiger charge is -2.03. The number of phenolic OH excluding ortho intramolecular Hbond substituents is 1. The second-order valence-corrected chi connectivity index (χ2v) is 4.61. The molecule has 1 aromatic rings. The fraction of sp³-hybridized carbons (Fsp3) is 0.300. The lowest BCUT2D eigenvalue weighted by Crippen LogP contribution is -2.20. The smallest absolute Gasteiger partial charge is 0.134 e. The third kappa shape index (κ3) is 2.79. The first kappa shape index (κ1) is 10.6. The summed E-state index contributed by atoms with van der Waals surface area (Å²) in [6.07, 6.45) is 0. The summed E-state index contributed by atoms with van der Waals surface area (Å²) in [5.41, 5.74) is 0. The Kier molecular flexibility index (Phi) is 3.38. The number of hydrogen-bond acceptors (Lipinski definition) is 4. The number of benzene rings is 1. The van der Waals surface area contributed by atoms with Crippen molar-refractivity contribution in [3.05, 3.63) is 23.2 Å². The van der Waals surface area contributed by atoms with Gasteiger partial charge in [-0.15, -0.1) is 11.8 Å². The van der Waals surface area contributed by atoms with Crippen LogP contribution in [0.1, 0.15) is 0 Å². The second kappa shape index (κ2) is 4.77. The van der Waals surface area contributed by atoms with E-state index in [4.69, 9.17) is 11.6 Å². The van der Waals surface area contributed by atoms with Gasteiger partial charge in [0.25, 0.3) is 0 Å². The number of nitrogens with zero attached hydrogens (tertiary/aromatic N) is 1. The maximum absolute atomic E-state index is 9.25. The summed E-state index contributed by atoms with van der Waals surface area (Å²) in [5, 5.41) is 12.8. The quantitative estimate of drug-likeness (QED) is 0.799. The molecule has 2 N–H and O–H groups in total. The summed E-state index contributed by atoms with van der Waals surface area (Å²) in [6, 6.07) is 5.22. The topological polar surface area (TPSA) is 44.6 Å². The number of thioether (sulfide) groups is 1. The molecule has 0 saturated carbocycles. The molecule has 0 amide bonds. The molecule has 1 aliphatic rings. The monoisotopic (exact) mass is 242 g/mol. The van der Waals surface area contributed by atoms with Crippen LogP contribution < -0.4 is 5.32 Å². The molecule has 1 aliphatic heterocycles. The zero-order valence-corrected chi connectivity index (χ0v) is 9.61. The average molecular weight is 243 g/mol. The highest BCUT2D eigenvalue weighted by molar-refractivity contribution is 8.00. The number of halogens is 1. The lowest BCUT2D eigenvalue weighted by molar-refractivity contribution is 0.475. The first-order valence-electron chi connectivity index (χ1n) is 4.64. The van der Waals surface area contributed by atoms with Gasteiger partial charge >= 0.3 is 0 Å². The summed E-state index contributed by atoms with van der Waals surface area (Å²) in [7, 11) is 0. The van der Waals surface area contributed by atoms with Crippen molar-refractivity contribution < 1.29 is 5.11 Å². The Labute approximate surface area is 97.6 Å². The van der Waals surface area contributed by atoms with E-state index in [1.54, 1.807) is 23.9 Å². The Hall–Kier alpha value is -0.870. The molecule has 1 heterocycles. The van der Waals surface area contributed by atoms with E-state index < -0.39 is 0 Å². The van der Waals surface area contributed by atoms with Gasteiger partial charge < -0.3 is 10.4 Å². The van der Waals surface area contributed by atoms with Crippen molar-refractivity contribution in [1.29, 1.82) is 0 Å². The first-order chi connectivity index (χ1) is 7.25. The van der Waals surface area contributed by atoms with Crippen LogP contribution >= 0.6 is 23.4 Å². The van der Waals surface area contributed by atoms with Gasteiger partial charge in [-0.1, -0.05) is 11.6 Å². The van der Waals surface area contributed by atoms with Crippen LogP contribution in [0.15, 0.2) is 28.1 Å². The van der Waals surface area contributed by atoms with Gasteiger partial charge in [0.15, 0.2) is 0 Å². The van der Waals surface area contributed by atoms with Crippen molar-refractivity contribution >= 4 is 29.2 Å². The van der Waals surface area contributed by atoms with Crippen LogP contribution in [0.25, 0.3) is 0 Å². The van der Waals surface area contributed by atoms with E-state index in [9.17, 15) is 5.11 Å². The van der Waals surface area contributed by atoms with Gasteiger partial charge in [-0.2, -0.15) is 0 Å². The molecule has 5 heteroatoms. The third-order valence-corrected chi connectivity index (χ3v) is 3.35. The van der Waals surface area contributed by atoms with Crippen LogP contribution in [-0.4, -0.2) is 29.8 Å². The van der Waals surface area contributed by atoms with Gasteiger partial charge in [-0.3, -0.25) is 4.99 Å². The van der Waals surface area contributed by atoms with E-state index in [1.807, 2.05) is 6.07 Å². The van der Waals surface area contributed by atoms with Crippen molar-refractivity contribution in [3.8, 4) is 5.75 Å². The minimum Gasteiger partial charge on any atom is -0.506 e. The predicted molar refractivity (Wildman–Crippen MR) is 64.1 cm³/mol. The molecule has 0 bridgehead atoms. The van der Waals surface area contributed by atoms with Crippen molar-refractivity contribution in [3.63, 3.8) is 0 Å². The Morgan fingerprint density at radius 2 is 2.40 bits per heavy atom. The molecule has 0 atom stereocenters. The molecule has 0 fully saturated rings. The number of aliphatic imine (C=N–C) groups is 1. The number of nitrogens with one attached hydrogen (secondary N) is 1. The average Bonchev–Trinajstić information content (AvgIpc) is 2.73. The minimum atomic E-state index is 0.123. The third-order valence-electron chi connectivity index (χ3n) is 2.04. The summed E-state index contributed by atoms with van der Waals surface area (Å²) >= 11 is 7.45. The van der Waals surface area contributed by atoms with E-state index in [0.717, 1.165) is 29.6 Å². The van der Waals surface area contributed by atoms with Crippen molar-refractivity contribution in [2.45, 2.75) is 4.90 Å². The SMILES string of the molecule is Oc1ccc(SCC2=NCCN2)cc1Cl. The number of hydrogen-bond donors (Lipinski definition) is 2. The van der Waals surface area contributed by atoms with Gasteiger partial charge in [0, 0.05) is 11.4 Å². The standard InChI is InChI=1S/C10H11ClN2OS/c11-8-5-7(1-2-9(8)14)15-6-10-12-3-4-13-10/h1-2,5,14H,3-4,6H2,(H,12,13). The molecule has 0 saturated heterocycles. The zero-order chi connectivity index (χ0) is 10.7. The minimum absolute atomic E-state index is 0.123. The van der Waals surface area contributed by atoms with E-state index >= 15 is 0 Å². The molecular weight excluding hydrogens is 232 g/mol. The number of amidine groups is 1. The first-order valence-corrected chi connectivity index (χ1v) is 6.00. The van der Waals surface area contributed by atoms with Crippen LogP contribution in [0.4, 0.5) is 0 Å². The number of aromatic hydroxyl groups is 1. The molecule has 0 aromatic heterocycles. The van der Waals surface area contributed by atoms with E-state index in [2.05, 4.69) is 10.3 Å². The molecule has 0 unspecified atom stereocenters. The molecule has 0 aliphatic carbocycles. The summed E-state index contributed by atoms with van der Waals surface area (Å²) in [4.78, 5) is 5.33. The van der Waals surface area contributed by atoms with Crippen LogP contribution in [0, 0.1) is 0 Å². The Bertz CT molecular complexity index is 395. The molecular formula is C10H11ClN2OS. The highest BCUT2D eigenvalue weighted by Crippen LogP contribution is 2.28. The normalized spacial score (nSPS) is 14.9. The van der Waals surface area contributed by atoms with Gasteiger partial charge in [0.1, 0.15) is 11.6 Å². The molecule has 15 heavy (non-hydrogen) atoms. The zero-order valence-electron chi connectivity index (χ0n) is 8.03. The predicted octanol–water partition coefficient (Wildman–Crippen LogP) is 2.14. The molecule has 3 nitrogen and oxygen atoms in total. The fourth-order valence-electron chi connectivity index (χ4n) is 1.27. The highest BCUT2D eigenvalue weighted by atomic mass is 35.5. The van der Waals surface area contributed by atoms with Crippen LogP contribution in [0.5, 0.6) is 5.75 Å². The van der Waals surface area contributed by atoms with Crippen LogP contribution in [0.3, 0.4) is 0 Å². The van der Waals surface area contributed by atoms with Crippen molar-refractivity contribution in [2.75, 3.05) is 18.8 Å².